The van der Waals surface area contributed by atoms with Gasteiger partial charge in [-0.3, -0.25) is 4.79 Å². The SMILES string of the molecule is C=C[C@@]1(C)CC=C2[C@H]3[C@H](OC(O)[C@H]31)[C@H]1OC(=O)[C@@]3(C)CC[C@H]4C[C@]24[C@@H]13. The molecule has 1 unspecified atom stereocenters. The van der Waals surface area contributed by atoms with E-state index in [1.807, 2.05) is 6.08 Å². The second-order valence-corrected chi connectivity index (χ2v) is 9.86. The number of esters is 1. The lowest BCUT2D eigenvalue weighted by atomic mass is 9.49. The Morgan fingerprint density at radius 3 is 2.92 bits per heavy atom. The summed E-state index contributed by atoms with van der Waals surface area (Å²) >= 11 is 0. The van der Waals surface area contributed by atoms with Crippen LogP contribution in [0.5, 0.6) is 0 Å². The summed E-state index contributed by atoms with van der Waals surface area (Å²) in [5, 5.41) is 10.8. The van der Waals surface area contributed by atoms with E-state index in [-0.39, 0.29) is 52.2 Å². The fourth-order valence-corrected chi connectivity index (χ4v) is 7.71. The van der Waals surface area contributed by atoms with E-state index in [9.17, 15) is 9.90 Å². The first-order valence-electron chi connectivity index (χ1n) is 9.75. The predicted octanol–water partition coefficient (Wildman–Crippen LogP) is 2.82. The molecule has 5 fully saturated rings. The maximum Gasteiger partial charge on any atom is 0.312 e. The molecule has 1 spiro atoms. The van der Waals surface area contributed by atoms with Crippen molar-refractivity contribution in [2.24, 2.45) is 39.9 Å². The Morgan fingerprint density at radius 2 is 2.16 bits per heavy atom. The Hall–Kier alpha value is -1.13. The summed E-state index contributed by atoms with van der Waals surface area (Å²) in [6, 6.07) is 0. The van der Waals surface area contributed by atoms with Crippen molar-refractivity contribution >= 4 is 5.97 Å². The third-order valence-electron chi connectivity index (χ3n) is 9.00. The largest absolute Gasteiger partial charge is 0.459 e. The van der Waals surface area contributed by atoms with E-state index in [1.54, 1.807) is 0 Å². The van der Waals surface area contributed by atoms with Crippen molar-refractivity contribution in [1.82, 2.24) is 0 Å². The van der Waals surface area contributed by atoms with Gasteiger partial charge in [-0.05, 0) is 43.9 Å². The summed E-state index contributed by atoms with van der Waals surface area (Å²) < 4.78 is 12.1. The van der Waals surface area contributed by atoms with Gasteiger partial charge in [-0.25, -0.2) is 0 Å². The summed E-state index contributed by atoms with van der Waals surface area (Å²) in [7, 11) is 0. The van der Waals surface area contributed by atoms with Crippen molar-refractivity contribution in [3.63, 3.8) is 0 Å². The van der Waals surface area contributed by atoms with Crippen LogP contribution in [0.1, 0.15) is 39.5 Å². The van der Waals surface area contributed by atoms with E-state index in [0.717, 1.165) is 19.3 Å². The van der Waals surface area contributed by atoms with Crippen LogP contribution in [-0.2, 0) is 14.3 Å². The lowest BCUT2D eigenvalue weighted by Crippen LogP contribution is -2.55. The molecule has 0 aromatic rings. The molecule has 4 heteroatoms. The third kappa shape index (κ3) is 1.38. The summed E-state index contributed by atoms with van der Waals surface area (Å²) in [6.07, 6.45) is 7.34. The van der Waals surface area contributed by atoms with Gasteiger partial charge in [0, 0.05) is 23.2 Å². The van der Waals surface area contributed by atoms with Gasteiger partial charge in [0.25, 0.3) is 0 Å². The summed E-state index contributed by atoms with van der Waals surface area (Å²) in [4.78, 5) is 12.8. The molecular weight excluding hydrogens is 316 g/mol. The molecule has 4 nitrogen and oxygen atoms in total. The number of aliphatic hydroxyl groups excluding tert-OH is 1. The molecule has 134 valence electrons. The molecular formula is C21H26O4. The fraction of sp³-hybridized carbons (Fsp3) is 0.762. The highest BCUT2D eigenvalue weighted by atomic mass is 16.6. The smallest absolute Gasteiger partial charge is 0.312 e. The van der Waals surface area contributed by atoms with Gasteiger partial charge in [0.05, 0.1) is 5.41 Å². The second kappa shape index (κ2) is 4.07. The highest BCUT2D eigenvalue weighted by Crippen LogP contribution is 2.80. The lowest BCUT2D eigenvalue weighted by molar-refractivity contribution is -0.165. The van der Waals surface area contributed by atoms with Gasteiger partial charge in [-0.15, -0.1) is 6.58 Å². The van der Waals surface area contributed by atoms with E-state index >= 15 is 0 Å². The van der Waals surface area contributed by atoms with Gasteiger partial charge in [0.2, 0.25) is 0 Å². The molecule has 0 aromatic heterocycles. The number of carbonyl (C=O) groups excluding carboxylic acids is 1. The zero-order chi connectivity index (χ0) is 17.4. The number of hydrogen-bond donors (Lipinski definition) is 1. The maximum absolute atomic E-state index is 12.8. The zero-order valence-electron chi connectivity index (χ0n) is 14.9. The Morgan fingerprint density at radius 1 is 1.36 bits per heavy atom. The number of fused-ring (bicyclic) bond motifs is 1. The number of aliphatic hydroxyl groups is 1. The monoisotopic (exact) mass is 342 g/mol. The highest BCUT2D eigenvalue weighted by Gasteiger charge is 2.80. The highest BCUT2D eigenvalue weighted by molar-refractivity contribution is 5.81. The Kier molecular flexibility index (Phi) is 2.44. The van der Waals surface area contributed by atoms with Crippen LogP contribution < -0.4 is 0 Å². The number of carbonyl (C=O) groups is 1. The Balaban J connectivity index is 1.57. The number of allylic oxidation sites excluding steroid dienone is 2. The molecule has 0 amide bonds. The van der Waals surface area contributed by atoms with Crippen LogP contribution in [0.4, 0.5) is 0 Å². The topological polar surface area (TPSA) is 55.8 Å². The summed E-state index contributed by atoms with van der Waals surface area (Å²) in [5.74, 6) is 1.03. The molecule has 2 aliphatic heterocycles. The van der Waals surface area contributed by atoms with Crippen molar-refractivity contribution in [3.05, 3.63) is 24.3 Å². The van der Waals surface area contributed by atoms with Crippen molar-refractivity contribution < 1.29 is 19.4 Å². The van der Waals surface area contributed by atoms with Crippen molar-refractivity contribution in [2.45, 2.75) is 58.0 Å². The Labute approximate surface area is 148 Å². The molecule has 6 rings (SSSR count). The summed E-state index contributed by atoms with van der Waals surface area (Å²) in [5.41, 5.74) is 1.05. The van der Waals surface area contributed by atoms with Gasteiger partial charge < -0.3 is 14.6 Å². The van der Waals surface area contributed by atoms with E-state index in [1.165, 1.54) is 12.0 Å². The lowest BCUT2D eigenvalue weighted by Gasteiger charge is -2.53. The first kappa shape index (κ1) is 15.0. The average Bonchev–Trinajstić information content (AvgIpc) is 3.10. The van der Waals surface area contributed by atoms with Gasteiger partial charge in [-0.1, -0.05) is 24.6 Å². The molecule has 10 atom stereocenters. The first-order valence-corrected chi connectivity index (χ1v) is 9.75. The molecule has 1 N–H and O–H groups in total. The van der Waals surface area contributed by atoms with Crippen LogP contribution in [0.3, 0.4) is 0 Å². The molecule has 2 saturated heterocycles. The van der Waals surface area contributed by atoms with E-state index in [2.05, 4.69) is 26.5 Å². The normalized spacial score (nSPS) is 63.1. The molecule has 25 heavy (non-hydrogen) atoms. The molecule has 0 aromatic carbocycles. The quantitative estimate of drug-likeness (QED) is 0.588. The average molecular weight is 342 g/mol. The van der Waals surface area contributed by atoms with Crippen LogP contribution in [0, 0.1) is 39.9 Å². The minimum Gasteiger partial charge on any atom is -0.459 e. The van der Waals surface area contributed by atoms with Gasteiger partial charge >= 0.3 is 5.97 Å². The van der Waals surface area contributed by atoms with Crippen molar-refractivity contribution in [1.29, 1.82) is 0 Å². The fourth-order valence-electron chi connectivity index (χ4n) is 7.71. The van der Waals surface area contributed by atoms with Gasteiger partial charge in [0.15, 0.2) is 6.29 Å². The van der Waals surface area contributed by atoms with Crippen LogP contribution in [0.15, 0.2) is 24.3 Å². The van der Waals surface area contributed by atoms with E-state index < -0.39 is 6.29 Å². The molecule has 0 bridgehead atoms. The first-order chi connectivity index (χ1) is 11.9. The number of ether oxygens (including phenoxy) is 2. The Bertz CT molecular complexity index is 742. The minimum atomic E-state index is -0.805. The number of hydrogen-bond acceptors (Lipinski definition) is 4. The van der Waals surface area contributed by atoms with E-state index in [4.69, 9.17) is 9.47 Å². The zero-order valence-corrected chi connectivity index (χ0v) is 14.9. The maximum atomic E-state index is 12.8. The van der Waals surface area contributed by atoms with E-state index in [0.29, 0.717) is 5.92 Å². The van der Waals surface area contributed by atoms with Crippen LogP contribution >= 0.6 is 0 Å². The van der Waals surface area contributed by atoms with Crippen LogP contribution in [0.25, 0.3) is 0 Å². The van der Waals surface area contributed by atoms with Crippen LogP contribution in [0.2, 0.25) is 0 Å². The summed E-state index contributed by atoms with van der Waals surface area (Å²) in [6.45, 7) is 8.32. The standard InChI is InChI=1S/C21H26O4/c1-4-19(2)7-6-11-12-13(19)17(22)24-14(12)15-16-20(3,18(23)25-15)8-5-10-9-21(10,11)16/h4,6,10,12-17,22H,1,5,7-9H2,2-3H3/t10-,12+,13-,14-,15+,16-,17?,19-,20-,21+/m0/s1. The molecule has 3 saturated carbocycles. The third-order valence-corrected chi connectivity index (χ3v) is 9.00. The van der Waals surface area contributed by atoms with Crippen molar-refractivity contribution in [3.8, 4) is 0 Å². The van der Waals surface area contributed by atoms with Crippen LogP contribution in [-0.4, -0.2) is 29.6 Å². The molecule has 2 heterocycles. The number of rotatable bonds is 1. The predicted molar refractivity (Wildman–Crippen MR) is 90.1 cm³/mol. The van der Waals surface area contributed by atoms with Gasteiger partial charge in [0.1, 0.15) is 12.2 Å². The molecule has 0 radical (unpaired) electrons. The minimum absolute atomic E-state index is 0.0130. The van der Waals surface area contributed by atoms with Gasteiger partial charge in [-0.2, -0.15) is 0 Å². The second-order valence-electron chi connectivity index (χ2n) is 9.86. The molecule has 4 aliphatic carbocycles. The molecule has 6 aliphatic rings. The van der Waals surface area contributed by atoms with Crippen molar-refractivity contribution in [2.75, 3.05) is 0 Å².